The quantitative estimate of drug-likeness (QED) is 0.680. The molecule has 0 spiro atoms. The number of nitrogens with one attached hydrogen (secondary N) is 1. The van der Waals surface area contributed by atoms with Gasteiger partial charge in [0.1, 0.15) is 5.82 Å². The first-order valence-electron chi connectivity index (χ1n) is 9.10. The lowest BCUT2D eigenvalue weighted by Crippen LogP contribution is -2.42. The van der Waals surface area contributed by atoms with Gasteiger partial charge in [0.15, 0.2) is 5.96 Å². The number of benzene rings is 1. The van der Waals surface area contributed by atoms with E-state index < -0.39 is 0 Å². The molecule has 2 aliphatic rings. The van der Waals surface area contributed by atoms with Crippen LogP contribution in [0.1, 0.15) is 38.2 Å². The molecule has 0 amide bonds. The lowest BCUT2D eigenvalue weighted by Gasteiger charge is -2.37. The third-order valence-electron chi connectivity index (χ3n) is 5.18. The molecule has 2 saturated heterocycles. The van der Waals surface area contributed by atoms with Gasteiger partial charge in [0.25, 0.3) is 0 Å². The first-order chi connectivity index (χ1) is 11.7. The van der Waals surface area contributed by atoms with Crippen molar-refractivity contribution in [3.63, 3.8) is 0 Å². The lowest BCUT2D eigenvalue weighted by molar-refractivity contribution is 0.0530. The molecule has 0 aromatic heterocycles. The number of hydrogen-bond donors (Lipinski definition) is 1. The Morgan fingerprint density at radius 3 is 2.50 bits per heavy atom. The van der Waals surface area contributed by atoms with Gasteiger partial charge >= 0.3 is 0 Å². The molecule has 0 saturated carbocycles. The summed E-state index contributed by atoms with van der Waals surface area (Å²) in [6.07, 6.45) is 4.34. The first-order valence-corrected chi connectivity index (χ1v) is 9.10. The molecule has 0 atom stereocenters. The zero-order valence-corrected chi connectivity index (χ0v) is 14.6. The number of nitrogens with zero attached hydrogens (tertiary/aromatic N) is 2. The van der Waals surface area contributed by atoms with Gasteiger partial charge < -0.3 is 15.0 Å². The fraction of sp³-hybridized carbons (Fsp3) is 0.632. The van der Waals surface area contributed by atoms with Crippen molar-refractivity contribution in [1.82, 2.24) is 10.2 Å². The maximum atomic E-state index is 13.3. The van der Waals surface area contributed by atoms with Crippen LogP contribution < -0.4 is 5.32 Å². The van der Waals surface area contributed by atoms with Crippen LogP contribution in [0.15, 0.2) is 29.3 Å². The highest BCUT2D eigenvalue weighted by Crippen LogP contribution is 2.35. The minimum atomic E-state index is -0.185. The largest absolute Gasteiger partial charge is 0.381 e. The smallest absolute Gasteiger partial charge is 0.193 e. The van der Waals surface area contributed by atoms with Gasteiger partial charge in [-0.25, -0.2) is 4.39 Å². The lowest BCUT2D eigenvalue weighted by atomic mass is 9.74. The molecule has 0 unspecified atom stereocenters. The number of aliphatic imine (C=N–C) groups is 1. The number of halogens is 1. The molecule has 1 N–H and O–H groups in total. The summed E-state index contributed by atoms with van der Waals surface area (Å²) < 4.78 is 18.9. The van der Waals surface area contributed by atoms with Gasteiger partial charge in [0, 0.05) is 38.3 Å². The third kappa shape index (κ3) is 3.89. The van der Waals surface area contributed by atoms with Crippen LogP contribution in [-0.2, 0) is 10.2 Å². The molecule has 2 aliphatic heterocycles. The predicted octanol–water partition coefficient (Wildman–Crippen LogP) is 2.94. The summed E-state index contributed by atoms with van der Waals surface area (Å²) in [4.78, 5) is 7.32. The van der Waals surface area contributed by atoms with Gasteiger partial charge in [-0.15, -0.1) is 0 Å². The molecule has 24 heavy (non-hydrogen) atoms. The average molecular weight is 333 g/mol. The summed E-state index contributed by atoms with van der Waals surface area (Å²) in [6.45, 7) is 7.36. The van der Waals surface area contributed by atoms with E-state index in [0.717, 1.165) is 58.2 Å². The van der Waals surface area contributed by atoms with Crippen molar-refractivity contribution in [2.24, 2.45) is 4.99 Å². The molecule has 132 valence electrons. The topological polar surface area (TPSA) is 36.9 Å². The molecule has 2 fully saturated rings. The van der Waals surface area contributed by atoms with E-state index in [-0.39, 0.29) is 11.2 Å². The molecular formula is C19H28FN3O. The molecule has 5 heteroatoms. The molecule has 2 heterocycles. The summed E-state index contributed by atoms with van der Waals surface area (Å²) in [5.74, 6) is 0.831. The Labute approximate surface area is 144 Å². The van der Waals surface area contributed by atoms with Crippen LogP contribution in [0.5, 0.6) is 0 Å². The summed E-state index contributed by atoms with van der Waals surface area (Å²) in [7, 11) is 0. The highest BCUT2D eigenvalue weighted by molar-refractivity contribution is 5.80. The number of rotatable bonds is 4. The fourth-order valence-corrected chi connectivity index (χ4v) is 3.68. The number of hydrogen-bond acceptors (Lipinski definition) is 2. The standard InChI is InChI=1S/C19H28FN3O/c1-2-21-18(23-11-3-4-12-23)22-15-19(9-13-24-14-10-19)16-5-7-17(20)8-6-16/h5-8H,2-4,9-15H2,1H3,(H,21,22). The van der Waals surface area contributed by atoms with Crippen molar-refractivity contribution >= 4 is 5.96 Å². The van der Waals surface area contributed by atoms with Crippen molar-refractivity contribution in [1.29, 1.82) is 0 Å². The van der Waals surface area contributed by atoms with E-state index in [1.54, 1.807) is 12.1 Å². The zero-order chi connectivity index (χ0) is 16.8. The van der Waals surface area contributed by atoms with E-state index in [9.17, 15) is 4.39 Å². The van der Waals surface area contributed by atoms with E-state index in [4.69, 9.17) is 9.73 Å². The SMILES string of the molecule is CCNC(=NCC1(c2ccc(F)cc2)CCOCC1)N1CCCC1. The number of guanidine groups is 1. The summed E-state index contributed by atoms with van der Waals surface area (Å²) in [5.41, 5.74) is 1.13. The van der Waals surface area contributed by atoms with Crippen molar-refractivity contribution in [2.75, 3.05) is 39.4 Å². The van der Waals surface area contributed by atoms with E-state index in [0.29, 0.717) is 0 Å². The highest BCUT2D eigenvalue weighted by Gasteiger charge is 2.34. The van der Waals surface area contributed by atoms with Gasteiger partial charge in [-0.2, -0.15) is 0 Å². The van der Waals surface area contributed by atoms with E-state index in [1.165, 1.54) is 18.4 Å². The summed E-state index contributed by atoms with van der Waals surface area (Å²) in [6, 6.07) is 6.95. The second kappa shape index (κ2) is 7.97. The van der Waals surface area contributed by atoms with Gasteiger partial charge in [-0.3, -0.25) is 4.99 Å². The number of ether oxygens (including phenoxy) is 1. The van der Waals surface area contributed by atoms with Crippen LogP contribution in [0.4, 0.5) is 4.39 Å². The average Bonchev–Trinajstić information content (AvgIpc) is 3.14. The van der Waals surface area contributed by atoms with Gasteiger partial charge in [-0.1, -0.05) is 12.1 Å². The molecule has 0 bridgehead atoms. The van der Waals surface area contributed by atoms with Crippen molar-refractivity contribution in [3.05, 3.63) is 35.6 Å². The molecule has 1 aromatic carbocycles. The monoisotopic (exact) mass is 333 g/mol. The van der Waals surface area contributed by atoms with Gasteiger partial charge in [0.2, 0.25) is 0 Å². The Bertz CT molecular complexity index is 546. The zero-order valence-electron chi connectivity index (χ0n) is 14.6. The summed E-state index contributed by atoms with van der Waals surface area (Å²) in [5, 5.41) is 3.43. The van der Waals surface area contributed by atoms with Crippen LogP contribution in [-0.4, -0.2) is 50.3 Å². The maximum absolute atomic E-state index is 13.3. The Morgan fingerprint density at radius 2 is 1.88 bits per heavy atom. The molecule has 4 nitrogen and oxygen atoms in total. The van der Waals surface area contributed by atoms with Crippen molar-refractivity contribution < 1.29 is 9.13 Å². The highest BCUT2D eigenvalue weighted by atomic mass is 19.1. The van der Waals surface area contributed by atoms with Crippen molar-refractivity contribution in [2.45, 2.75) is 38.0 Å². The van der Waals surface area contributed by atoms with Gasteiger partial charge in [-0.05, 0) is 50.3 Å². The van der Waals surface area contributed by atoms with E-state index >= 15 is 0 Å². The Kier molecular flexibility index (Phi) is 5.72. The molecular weight excluding hydrogens is 305 g/mol. The normalized spacial score (nSPS) is 21.1. The molecule has 0 aliphatic carbocycles. The van der Waals surface area contributed by atoms with Crippen LogP contribution in [0.3, 0.4) is 0 Å². The maximum Gasteiger partial charge on any atom is 0.193 e. The second-order valence-corrected chi connectivity index (χ2v) is 6.76. The van der Waals surface area contributed by atoms with Crippen LogP contribution in [0.25, 0.3) is 0 Å². The van der Waals surface area contributed by atoms with E-state index in [2.05, 4.69) is 17.1 Å². The van der Waals surface area contributed by atoms with Crippen LogP contribution >= 0.6 is 0 Å². The minimum absolute atomic E-state index is 0.0493. The predicted molar refractivity (Wildman–Crippen MR) is 94.9 cm³/mol. The fourth-order valence-electron chi connectivity index (χ4n) is 3.68. The first kappa shape index (κ1) is 17.2. The second-order valence-electron chi connectivity index (χ2n) is 6.76. The minimum Gasteiger partial charge on any atom is -0.381 e. The van der Waals surface area contributed by atoms with Crippen LogP contribution in [0, 0.1) is 5.82 Å². The Hall–Kier alpha value is -1.62. The summed E-state index contributed by atoms with van der Waals surface area (Å²) >= 11 is 0. The Balaban J connectivity index is 1.82. The molecule has 1 aromatic rings. The Morgan fingerprint density at radius 1 is 1.21 bits per heavy atom. The number of likely N-dealkylation sites (tertiary alicyclic amines) is 1. The molecule has 0 radical (unpaired) electrons. The van der Waals surface area contributed by atoms with Gasteiger partial charge in [0.05, 0.1) is 6.54 Å². The van der Waals surface area contributed by atoms with Crippen LogP contribution in [0.2, 0.25) is 0 Å². The third-order valence-corrected chi connectivity index (χ3v) is 5.18. The van der Waals surface area contributed by atoms with E-state index in [1.807, 2.05) is 12.1 Å². The molecule has 3 rings (SSSR count). The van der Waals surface area contributed by atoms with Crippen molar-refractivity contribution in [3.8, 4) is 0 Å².